The Morgan fingerprint density at radius 1 is 1.38 bits per heavy atom. The Morgan fingerprint density at radius 2 is 1.92 bits per heavy atom. The summed E-state index contributed by atoms with van der Waals surface area (Å²) in [6, 6.07) is 1.57. The van der Waals surface area contributed by atoms with Gasteiger partial charge in [-0.25, -0.2) is 0 Å². The Morgan fingerprint density at radius 3 is 2.38 bits per heavy atom. The van der Waals surface area contributed by atoms with E-state index < -0.39 is 0 Å². The van der Waals surface area contributed by atoms with E-state index in [1.54, 1.807) is 0 Å². The minimum Gasteiger partial charge on any atom is -0.306 e. The van der Waals surface area contributed by atoms with Gasteiger partial charge in [-0.3, -0.25) is 0 Å². The van der Waals surface area contributed by atoms with Gasteiger partial charge in [0.1, 0.15) is 0 Å². The van der Waals surface area contributed by atoms with E-state index in [0.717, 1.165) is 12.1 Å². The zero-order valence-corrected chi connectivity index (χ0v) is 9.58. The Bertz CT molecular complexity index is 139. The topological polar surface area (TPSA) is 6.48 Å². The normalized spacial score (nSPS) is 23.8. The molecule has 2 nitrogen and oxygen atoms in total. The summed E-state index contributed by atoms with van der Waals surface area (Å²) in [4.78, 5) is 4.99. The fraction of sp³-hybridized carbons (Fsp3) is 1.00. The van der Waals surface area contributed by atoms with Crippen LogP contribution in [0.2, 0.25) is 0 Å². The molecule has 0 bridgehead atoms. The fourth-order valence-electron chi connectivity index (χ4n) is 2.05. The van der Waals surface area contributed by atoms with E-state index in [0.29, 0.717) is 0 Å². The summed E-state index contributed by atoms with van der Waals surface area (Å²) in [5.74, 6) is 0. The fourth-order valence-corrected chi connectivity index (χ4v) is 2.05. The first kappa shape index (κ1) is 11.0. The first-order valence-corrected chi connectivity index (χ1v) is 5.55. The standard InChI is InChI=1S/C11H24N2/c1-5-10(2)13(4)11-6-8-12(3)9-7-11/h10-11H,5-9H2,1-4H3. The number of hydrogen-bond donors (Lipinski definition) is 0. The molecule has 0 aromatic rings. The van der Waals surface area contributed by atoms with Gasteiger partial charge in [0.2, 0.25) is 0 Å². The summed E-state index contributed by atoms with van der Waals surface area (Å²) in [5.41, 5.74) is 0. The van der Waals surface area contributed by atoms with Gasteiger partial charge < -0.3 is 9.80 Å². The smallest absolute Gasteiger partial charge is 0.0119 e. The number of rotatable bonds is 3. The minimum atomic E-state index is 0.744. The number of piperidine rings is 1. The molecule has 0 aliphatic carbocycles. The van der Waals surface area contributed by atoms with Crippen molar-refractivity contribution in [3.05, 3.63) is 0 Å². The van der Waals surface area contributed by atoms with E-state index in [4.69, 9.17) is 0 Å². The summed E-state index contributed by atoms with van der Waals surface area (Å²) in [5, 5.41) is 0. The maximum atomic E-state index is 2.56. The average molecular weight is 184 g/mol. The van der Waals surface area contributed by atoms with Crippen LogP contribution in [-0.2, 0) is 0 Å². The van der Waals surface area contributed by atoms with Crippen molar-refractivity contribution >= 4 is 0 Å². The summed E-state index contributed by atoms with van der Waals surface area (Å²) in [6.07, 6.45) is 3.96. The number of nitrogens with zero attached hydrogens (tertiary/aromatic N) is 2. The Hall–Kier alpha value is -0.0800. The van der Waals surface area contributed by atoms with Crippen molar-refractivity contribution in [1.82, 2.24) is 9.80 Å². The summed E-state index contributed by atoms with van der Waals surface area (Å²) in [7, 11) is 4.50. The lowest BCUT2D eigenvalue weighted by Gasteiger charge is -2.38. The highest BCUT2D eigenvalue weighted by Gasteiger charge is 2.22. The van der Waals surface area contributed by atoms with Crippen molar-refractivity contribution in [3.63, 3.8) is 0 Å². The molecule has 1 atom stereocenters. The van der Waals surface area contributed by atoms with Gasteiger partial charge in [0.25, 0.3) is 0 Å². The van der Waals surface area contributed by atoms with E-state index in [-0.39, 0.29) is 0 Å². The average Bonchev–Trinajstić information content (AvgIpc) is 2.17. The molecule has 0 radical (unpaired) electrons. The zero-order chi connectivity index (χ0) is 9.84. The van der Waals surface area contributed by atoms with Gasteiger partial charge >= 0.3 is 0 Å². The molecule has 0 saturated carbocycles. The highest BCUT2D eigenvalue weighted by atomic mass is 15.2. The van der Waals surface area contributed by atoms with Gasteiger partial charge in [0, 0.05) is 12.1 Å². The van der Waals surface area contributed by atoms with Crippen LogP contribution in [0.4, 0.5) is 0 Å². The molecular weight excluding hydrogens is 160 g/mol. The Labute approximate surface area is 82.9 Å². The van der Waals surface area contributed by atoms with Crippen molar-refractivity contribution in [2.45, 2.75) is 45.2 Å². The van der Waals surface area contributed by atoms with Crippen LogP contribution >= 0.6 is 0 Å². The Balaban J connectivity index is 2.35. The largest absolute Gasteiger partial charge is 0.306 e. The molecule has 78 valence electrons. The highest BCUT2D eigenvalue weighted by Crippen LogP contribution is 2.17. The predicted octanol–water partition coefficient (Wildman–Crippen LogP) is 1.81. The van der Waals surface area contributed by atoms with Crippen LogP contribution in [0.15, 0.2) is 0 Å². The lowest BCUT2D eigenvalue weighted by molar-refractivity contribution is 0.112. The van der Waals surface area contributed by atoms with E-state index in [1.807, 2.05) is 0 Å². The number of hydrogen-bond acceptors (Lipinski definition) is 2. The maximum Gasteiger partial charge on any atom is 0.0119 e. The molecule has 1 rings (SSSR count). The molecule has 0 aromatic heterocycles. The maximum absolute atomic E-state index is 2.56. The molecule has 1 aliphatic heterocycles. The van der Waals surface area contributed by atoms with Gasteiger partial charge in [0.05, 0.1) is 0 Å². The molecule has 1 saturated heterocycles. The van der Waals surface area contributed by atoms with Crippen LogP contribution in [0, 0.1) is 0 Å². The van der Waals surface area contributed by atoms with Crippen LogP contribution in [-0.4, -0.2) is 49.1 Å². The quantitative estimate of drug-likeness (QED) is 0.660. The van der Waals surface area contributed by atoms with E-state index in [9.17, 15) is 0 Å². The van der Waals surface area contributed by atoms with Crippen LogP contribution in [0.3, 0.4) is 0 Å². The first-order chi connectivity index (χ1) is 6.15. The second-order valence-electron chi connectivity index (χ2n) is 4.46. The molecule has 0 aromatic carbocycles. The van der Waals surface area contributed by atoms with Crippen LogP contribution in [0.1, 0.15) is 33.1 Å². The van der Waals surface area contributed by atoms with Gasteiger partial charge in [-0.2, -0.15) is 0 Å². The van der Waals surface area contributed by atoms with Crippen molar-refractivity contribution in [2.75, 3.05) is 27.2 Å². The van der Waals surface area contributed by atoms with Gasteiger partial charge in [-0.05, 0) is 53.4 Å². The SMILES string of the molecule is CCC(C)N(C)C1CCN(C)CC1. The van der Waals surface area contributed by atoms with Crippen molar-refractivity contribution < 1.29 is 0 Å². The zero-order valence-electron chi connectivity index (χ0n) is 9.58. The predicted molar refractivity (Wildman–Crippen MR) is 58.0 cm³/mol. The van der Waals surface area contributed by atoms with Crippen LogP contribution < -0.4 is 0 Å². The second-order valence-corrected chi connectivity index (χ2v) is 4.46. The second kappa shape index (κ2) is 4.97. The molecule has 1 fully saturated rings. The third-order valence-electron chi connectivity index (χ3n) is 3.55. The molecule has 2 heteroatoms. The molecule has 1 unspecified atom stereocenters. The highest BCUT2D eigenvalue weighted by molar-refractivity contribution is 4.79. The monoisotopic (exact) mass is 184 g/mol. The summed E-state index contributed by atoms with van der Waals surface area (Å²) >= 11 is 0. The van der Waals surface area contributed by atoms with Gasteiger partial charge in [-0.1, -0.05) is 6.92 Å². The first-order valence-electron chi connectivity index (χ1n) is 5.55. The molecule has 13 heavy (non-hydrogen) atoms. The number of likely N-dealkylation sites (tertiary alicyclic amines) is 1. The molecule has 0 amide bonds. The Kier molecular flexibility index (Phi) is 4.20. The van der Waals surface area contributed by atoms with Gasteiger partial charge in [-0.15, -0.1) is 0 Å². The molecular formula is C11H24N2. The summed E-state index contributed by atoms with van der Waals surface area (Å²) < 4.78 is 0. The van der Waals surface area contributed by atoms with Crippen molar-refractivity contribution in [3.8, 4) is 0 Å². The molecule has 0 N–H and O–H groups in total. The van der Waals surface area contributed by atoms with E-state index in [2.05, 4.69) is 37.7 Å². The van der Waals surface area contributed by atoms with Crippen LogP contribution in [0.5, 0.6) is 0 Å². The third-order valence-corrected chi connectivity index (χ3v) is 3.55. The van der Waals surface area contributed by atoms with E-state index >= 15 is 0 Å². The van der Waals surface area contributed by atoms with Crippen molar-refractivity contribution in [2.24, 2.45) is 0 Å². The summed E-state index contributed by atoms with van der Waals surface area (Å²) in [6.45, 7) is 7.14. The molecule has 0 spiro atoms. The third kappa shape index (κ3) is 2.96. The molecule has 1 aliphatic rings. The lowest BCUT2D eigenvalue weighted by atomic mass is 10.0. The van der Waals surface area contributed by atoms with E-state index in [1.165, 1.54) is 32.4 Å². The van der Waals surface area contributed by atoms with Crippen molar-refractivity contribution in [1.29, 1.82) is 0 Å². The minimum absolute atomic E-state index is 0.744. The van der Waals surface area contributed by atoms with Gasteiger partial charge in [0.15, 0.2) is 0 Å². The van der Waals surface area contributed by atoms with Crippen LogP contribution in [0.25, 0.3) is 0 Å². The molecule has 1 heterocycles. The lowest BCUT2D eigenvalue weighted by Crippen LogP contribution is -2.45.